The standard InChI is InChI=1S/C13H18N2.2C2H6/c1-2-4-11(5-3-1)8-15-9-12-6-14-7-13(12)10-15;2*1-2/h1-5,12-14H,6-10H2;2*1-2H3. The second-order valence-electron chi connectivity index (χ2n) is 4.86. The van der Waals surface area contributed by atoms with Crippen LogP contribution in [0.1, 0.15) is 33.3 Å². The van der Waals surface area contributed by atoms with E-state index in [4.69, 9.17) is 0 Å². The van der Waals surface area contributed by atoms with Crippen molar-refractivity contribution < 1.29 is 0 Å². The number of likely N-dealkylation sites (tertiary alicyclic amines) is 1. The smallest absolute Gasteiger partial charge is 0.0233 e. The summed E-state index contributed by atoms with van der Waals surface area (Å²) < 4.78 is 0. The number of hydrogen-bond acceptors (Lipinski definition) is 2. The first kappa shape index (κ1) is 16.2. The van der Waals surface area contributed by atoms with Crippen LogP contribution in [0.3, 0.4) is 0 Å². The van der Waals surface area contributed by atoms with E-state index in [1.54, 1.807) is 0 Å². The lowest BCUT2D eigenvalue weighted by Gasteiger charge is -2.16. The highest BCUT2D eigenvalue weighted by Gasteiger charge is 2.35. The van der Waals surface area contributed by atoms with Crippen LogP contribution in [0, 0.1) is 11.8 Å². The van der Waals surface area contributed by atoms with Gasteiger partial charge < -0.3 is 5.32 Å². The number of nitrogens with one attached hydrogen (secondary N) is 1. The number of benzene rings is 1. The summed E-state index contributed by atoms with van der Waals surface area (Å²) in [6.07, 6.45) is 0. The molecule has 2 heteroatoms. The average molecular weight is 262 g/mol. The average Bonchev–Trinajstić information content (AvgIpc) is 3.05. The fourth-order valence-corrected chi connectivity index (χ4v) is 2.92. The minimum atomic E-state index is 0.911. The van der Waals surface area contributed by atoms with Crippen molar-refractivity contribution >= 4 is 0 Å². The summed E-state index contributed by atoms with van der Waals surface area (Å²) in [5.74, 6) is 1.82. The molecular weight excluding hydrogens is 232 g/mol. The fourth-order valence-electron chi connectivity index (χ4n) is 2.92. The van der Waals surface area contributed by atoms with E-state index in [1.165, 1.54) is 31.7 Å². The van der Waals surface area contributed by atoms with Crippen LogP contribution in [-0.4, -0.2) is 31.1 Å². The van der Waals surface area contributed by atoms with Crippen molar-refractivity contribution in [3.63, 3.8) is 0 Å². The molecule has 2 aliphatic rings. The van der Waals surface area contributed by atoms with Gasteiger partial charge >= 0.3 is 0 Å². The van der Waals surface area contributed by atoms with Gasteiger partial charge in [0.2, 0.25) is 0 Å². The predicted octanol–water partition coefficient (Wildman–Crippen LogP) is 3.39. The molecule has 0 aliphatic carbocycles. The third-order valence-corrected chi connectivity index (χ3v) is 3.71. The van der Waals surface area contributed by atoms with Gasteiger partial charge in [-0.3, -0.25) is 4.90 Å². The Morgan fingerprint density at radius 2 is 1.47 bits per heavy atom. The molecule has 0 saturated carbocycles. The molecule has 108 valence electrons. The Morgan fingerprint density at radius 3 is 2.00 bits per heavy atom. The van der Waals surface area contributed by atoms with E-state index >= 15 is 0 Å². The lowest BCUT2D eigenvalue weighted by atomic mass is 10.0. The summed E-state index contributed by atoms with van der Waals surface area (Å²) in [5, 5.41) is 3.48. The van der Waals surface area contributed by atoms with Crippen molar-refractivity contribution in [1.29, 1.82) is 0 Å². The van der Waals surface area contributed by atoms with Crippen molar-refractivity contribution in [2.75, 3.05) is 26.2 Å². The van der Waals surface area contributed by atoms with E-state index < -0.39 is 0 Å². The van der Waals surface area contributed by atoms with Gasteiger partial charge in [0.05, 0.1) is 0 Å². The van der Waals surface area contributed by atoms with Crippen LogP contribution in [0.5, 0.6) is 0 Å². The third-order valence-electron chi connectivity index (χ3n) is 3.71. The third kappa shape index (κ3) is 4.63. The van der Waals surface area contributed by atoms with Gasteiger partial charge in [-0.05, 0) is 30.5 Å². The van der Waals surface area contributed by atoms with Gasteiger partial charge in [0.25, 0.3) is 0 Å². The molecule has 1 N–H and O–H groups in total. The van der Waals surface area contributed by atoms with Crippen LogP contribution in [0.2, 0.25) is 0 Å². The molecule has 0 spiro atoms. The molecule has 0 radical (unpaired) electrons. The molecule has 1 aromatic rings. The van der Waals surface area contributed by atoms with Gasteiger partial charge in [-0.2, -0.15) is 0 Å². The molecule has 1 aromatic carbocycles. The van der Waals surface area contributed by atoms with E-state index in [-0.39, 0.29) is 0 Å². The number of nitrogens with zero attached hydrogens (tertiary/aromatic N) is 1. The van der Waals surface area contributed by atoms with Gasteiger partial charge in [0, 0.05) is 19.6 Å². The highest BCUT2D eigenvalue weighted by atomic mass is 15.2. The lowest BCUT2D eigenvalue weighted by Crippen LogP contribution is -2.25. The van der Waals surface area contributed by atoms with E-state index in [1.807, 2.05) is 27.7 Å². The number of rotatable bonds is 2. The van der Waals surface area contributed by atoms with E-state index in [2.05, 4.69) is 40.5 Å². The number of fused-ring (bicyclic) bond motifs is 1. The van der Waals surface area contributed by atoms with Crippen molar-refractivity contribution in [2.24, 2.45) is 11.8 Å². The van der Waals surface area contributed by atoms with Gasteiger partial charge in [0.15, 0.2) is 0 Å². The molecule has 2 heterocycles. The van der Waals surface area contributed by atoms with Crippen LogP contribution in [0.25, 0.3) is 0 Å². The molecule has 0 bridgehead atoms. The van der Waals surface area contributed by atoms with E-state index in [9.17, 15) is 0 Å². The first-order valence-corrected chi connectivity index (χ1v) is 7.89. The molecule has 2 aliphatic heterocycles. The van der Waals surface area contributed by atoms with E-state index in [0.29, 0.717) is 0 Å². The first-order valence-electron chi connectivity index (χ1n) is 7.89. The Bertz CT molecular complexity index is 311. The maximum atomic E-state index is 3.48. The summed E-state index contributed by atoms with van der Waals surface area (Å²) in [6, 6.07) is 10.8. The normalized spacial score (nSPS) is 24.8. The Labute approximate surface area is 119 Å². The largest absolute Gasteiger partial charge is 0.316 e. The molecule has 0 aromatic heterocycles. The SMILES string of the molecule is CC.CC.c1ccc(CN2CC3CNCC3C2)cc1. The highest BCUT2D eigenvalue weighted by molar-refractivity contribution is 5.14. The van der Waals surface area contributed by atoms with Crippen molar-refractivity contribution in [2.45, 2.75) is 34.2 Å². The second-order valence-corrected chi connectivity index (χ2v) is 4.86. The summed E-state index contributed by atoms with van der Waals surface area (Å²) in [6.45, 7) is 14.2. The molecule has 2 unspecified atom stereocenters. The molecule has 2 atom stereocenters. The van der Waals surface area contributed by atoms with Gasteiger partial charge in [-0.25, -0.2) is 0 Å². The second kappa shape index (κ2) is 9.11. The summed E-state index contributed by atoms with van der Waals surface area (Å²) in [4.78, 5) is 2.60. The topological polar surface area (TPSA) is 15.3 Å². The summed E-state index contributed by atoms with van der Waals surface area (Å²) in [7, 11) is 0. The molecular formula is C17H30N2. The monoisotopic (exact) mass is 262 g/mol. The van der Waals surface area contributed by atoms with Crippen LogP contribution >= 0.6 is 0 Å². The Hall–Kier alpha value is -0.860. The zero-order valence-corrected chi connectivity index (χ0v) is 13.0. The highest BCUT2D eigenvalue weighted by Crippen LogP contribution is 2.27. The molecule has 2 fully saturated rings. The van der Waals surface area contributed by atoms with Gasteiger partial charge in [-0.1, -0.05) is 58.0 Å². The van der Waals surface area contributed by atoms with Crippen molar-refractivity contribution in [3.05, 3.63) is 35.9 Å². The maximum Gasteiger partial charge on any atom is 0.0233 e. The van der Waals surface area contributed by atoms with Crippen molar-refractivity contribution in [1.82, 2.24) is 10.2 Å². The Kier molecular flexibility index (Phi) is 7.76. The van der Waals surface area contributed by atoms with Crippen molar-refractivity contribution in [3.8, 4) is 0 Å². The minimum Gasteiger partial charge on any atom is -0.316 e. The zero-order valence-electron chi connectivity index (χ0n) is 13.0. The molecule has 3 rings (SSSR count). The van der Waals surface area contributed by atoms with Crippen LogP contribution in [0.4, 0.5) is 0 Å². The summed E-state index contributed by atoms with van der Waals surface area (Å²) in [5.41, 5.74) is 1.45. The van der Waals surface area contributed by atoms with Crippen LogP contribution in [0.15, 0.2) is 30.3 Å². The molecule has 0 amide bonds. The lowest BCUT2D eigenvalue weighted by molar-refractivity contribution is 0.305. The Balaban J connectivity index is 0.000000415. The molecule has 2 nitrogen and oxygen atoms in total. The van der Waals surface area contributed by atoms with Crippen LogP contribution in [-0.2, 0) is 6.54 Å². The minimum absolute atomic E-state index is 0.911. The zero-order chi connectivity index (χ0) is 14.1. The maximum absolute atomic E-state index is 3.48. The summed E-state index contributed by atoms with van der Waals surface area (Å²) >= 11 is 0. The van der Waals surface area contributed by atoms with E-state index in [0.717, 1.165) is 18.4 Å². The van der Waals surface area contributed by atoms with Gasteiger partial charge in [0.1, 0.15) is 0 Å². The fraction of sp³-hybridized carbons (Fsp3) is 0.647. The first-order chi connectivity index (χ1) is 9.42. The van der Waals surface area contributed by atoms with Gasteiger partial charge in [-0.15, -0.1) is 0 Å². The quantitative estimate of drug-likeness (QED) is 0.879. The molecule has 19 heavy (non-hydrogen) atoms. The number of hydrogen-bond donors (Lipinski definition) is 1. The molecule has 2 saturated heterocycles. The van der Waals surface area contributed by atoms with Crippen LogP contribution < -0.4 is 5.32 Å². The predicted molar refractivity (Wildman–Crippen MR) is 84.3 cm³/mol. The Morgan fingerprint density at radius 1 is 0.947 bits per heavy atom.